The average Bonchev–Trinajstić information content (AvgIpc) is 3.15. The molecule has 2 amide bonds. The van der Waals surface area contributed by atoms with Crippen molar-refractivity contribution in [3.8, 4) is 0 Å². The molecular weight excluding hydrogens is 364 g/mol. The average molecular weight is 396 g/mol. The second-order valence-electron chi connectivity index (χ2n) is 7.20. The highest BCUT2D eigenvalue weighted by atomic mass is 16.5. The predicted molar refractivity (Wildman–Crippen MR) is 102 cm³/mol. The van der Waals surface area contributed by atoms with Gasteiger partial charge in [-0.3, -0.25) is 14.4 Å². The molecule has 0 unspecified atom stereocenters. The van der Waals surface area contributed by atoms with Crippen molar-refractivity contribution in [2.75, 3.05) is 39.5 Å². The van der Waals surface area contributed by atoms with Crippen LogP contribution in [0.2, 0.25) is 0 Å². The quantitative estimate of drug-likeness (QED) is 0.374. The number of aliphatic hydroxyl groups is 1. The summed E-state index contributed by atoms with van der Waals surface area (Å²) in [7, 11) is 0. The molecule has 2 heterocycles. The Morgan fingerprint density at radius 1 is 1.29 bits per heavy atom. The number of allylic oxidation sites excluding steroid dienone is 2. The first-order valence-electron chi connectivity index (χ1n) is 10.2. The van der Waals surface area contributed by atoms with Gasteiger partial charge in [0.2, 0.25) is 11.8 Å². The Balaban J connectivity index is 1.95. The lowest BCUT2D eigenvalue weighted by Gasteiger charge is -2.28. The fraction of sp³-hybridized carbons (Fsp3) is 0.750. The van der Waals surface area contributed by atoms with E-state index in [1.54, 1.807) is 4.90 Å². The molecule has 158 valence electrons. The van der Waals surface area contributed by atoms with Gasteiger partial charge >= 0.3 is 5.97 Å². The predicted octanol–water partition coefficient (Wildman–Crippen LogP) is 0.782. The van der Waals surface area contributed by atoms with Gasteiger partial charge in [-0.1, -0.05) is 12.2 Å². The lowest BCUT2D eigenvalue weighted by molar-refractivity contribution is -0.148. The van der Waals surface area contributed by atoms with Gasteiger partial charge in [0.25, 0.3) is 0 Å². The maximum absolute atomic E-state index is 13.1. The third-order valence-corrected chi connectivity index (χ3v) is 5.02. The lowest BCUT2D eigenvalue weighted by atomic mass is 9.98. The van der Waals surface area contributed by atoms with Gasteiger partial charge in [-0.2, -0.15) is 0 Å². The number of rotatable bonds is 7. The second-order valence-corrected chi connectivity index (χ2v) is 7.20. The molecule has 2 atom stereocenters. The number of esters is 1. The van der Waals surface area contributed by atoms with Crippen molar-refractivity contribution < 1.29 is 29.0 Å². The molecule has 0 radical (unpaired) electrons. The highest BCUT2D eigenvalue weighted by molar-refractivity contribution is 5.86. The van der Waals surface area contributed by atoms with Gasteiger partial charge < -0.3 is 24.8 Å². The first-order valence-corrected chi connectivity index (χ1v) is 10.2. The van der Waals surface area contributed by atoms with Crippen LogP contribution in [0.1, 0.15) is 44.9 Å². The second kappa shape index (κ2) is 12.5. The van der Waals surface area contributed by atoms with E-state index < -0.39 is 5.92 Å². The van der Waals surface area contributed by atoms with Crippen LogP contribution in [0.3, 0.4) is 0 Å². The summed E-state index contributed by atoms with van der Waals surface area (Å²) in [5.74, 6) is -0.877. The van der Waals surface area contributed by atoms with Gasteiger partial charge in [0.05, 0.1) is 31.8 Å². The Hall–Kier alpha value is -1.93. The Morgan fingerprint density at radius 2 is 2.14 bits per heavy atom. The molecule has 1 saturated heterocycles. The van der Waals surface area contributed by atoms with E-state index in [1.807, 2.05) is 12.2 Å². The van der Waals surface area contributed by atoms with Crippen LogP contribution in [0.15, 0.2) is 12.2 Å². The number of hydrogen-bond donors (Lipinski definition) is 2. The zero-order valence-electron chi connectivity index (χ0n) is 16.4. The van der Waals surface area contributed by atoms with Gasteiger partial charge in [0.1, 0.15) is 6.61 Å². The molecule has 28 heavy (non-hydrogen) atoms. The zero-order chi connectivity index (χ0) is 20.2. The molecule has 2 aliphatic heterocycles. The van der Waals surface area contributed by atoms with Crippen LogP contribution in [-0.4, -0.2) is 73.3 Å². The van der Waals surface area contributed by atoms with Gasteiger partial charge in [-0.05, 0) is 32.1 Å². The normalized spacial score (nSPS) is 24.0. The number of nitrogens with zero attached hydrogens (tertiary/aromatic N) is 1. The van der Waals surface area contributed by atoms with E-state index in [9.17, 15) is 14.4 Å². The molecule has 8 nitrogen and oxygen atoms in total. The van der Waals surface area contributed by atoms with Crippen molar-refractivity contribution in [2.45, 2.75) is 51.0 Å². The minimum atomic E-state index is -0.424. The maximum atomic E-state index is 13.1. The molecule has 0 spiro atoms. The first-order chi connectivity index (χ1) is 13.6. The SMILES string of the molecule is O=C(C[C@H]1CC=CCCCC(=O)OC[C@@H]2CCCN2C1=O)NCCOCCO. The number of amides is 2. The molecule has 0 saturated carbocycles. The van der Waals surface area contributed by atoms with E-state index in [2.05, 4.69) is 5.32 Å². The van der Waals surface area contributed by atoms with Gasteiger partial charge in [-0.15, -0.1) is 0 Å². The number of ether oxygens (including phenoxy) is 2. The Kier molecular flexibility index (Phi) is 9.99. The number of carbonyl (C=O) groups is 3. The fourth-order valence-corrected chi connectivity index (χ4v) is 3.53. The van der Waals surface area contributed by atoms with E-state index in [0.29, 0.717) is 32.5 Å². The number of nitrogens with one attached hydrogen (secondary N) is 1. The first kappa shape index (κ1) is 22.4. The molecule has 0 bridgehead atoms. The number of aliphatic hydroxyl groups excluding tert-OH is 1. The Labute approximate surface area is 166 Å². The zero-order valence-corrected chi connectivity index (χ0v) is 16.4. The van der Waals surface area contributed by atoms with Crippen LogP contribution in [-0.2, 0) is 23.9 Å². The molecule has 0 aromatic carbocycles. The molecule has 2 rings (SSSR count). The van der Waals surface area contributed by atoms with Crippen molar-refractivity contribution in [1.29, 1.82) is 0 Å². The minimum Gasteiger partial charge on any atom is -0.463 e. The number of carbonyl (C=O) groups excluding carboxylic acids is 3. The Morgan fingerprint density at radius 3 is 2.96 bits per heavy atom. The van der Waals surface area contributed by atoms with Crippen LogP contribution in [0, 0.1) is 5.92 Å². The highest BCUT2D eigenvalue weighted by Crippen LogP contribution is 2.24. The molecule has 2 N–H and O–H groups in total. The summed E-state index contributed by atoms with van der Waals surface area (Å²) < 4.78 is 10.5. The monoisotopic (exact) mass is 396 g/mol. The van der Waals surface area contributed by atoms with Crippen LogP contribution in [0.4, 0.5) is 0 Å². The third-order valence-electron chi connectivity index (χ3n) is 5.02. The largest absolute Gasteiger partial charge is 0.463 e. The maximum Gasteiger partial charge on any atom is 0.305 e. The number of fused-ring (bicyclic) bond motifs is 1. The van der Waals surface area contributed by atoms with E-state index in [-0.39, 0.29) is 50.1 Å². The van der Waals surface area contributed by atoms with Crippen molar-refractivity contribution in [3.05, 3.63) is 12.2 Å². The van der Waals surface area contributed by atoms with Gasteiger partial charge in [0.15, 0.2) is 0 Å². The number of cyclic esters (lactones) is 1. The molecule has 0 aliphatic carbocycles. The van der Waals surface area contributed by atoms with Gasteiger partial charge in [0, 0.05) is 25.9 Å². The summed E-state index contributed by atoms with van der Waals surface area (Å²) in [4.78, 5) is 38.9. The van der Waals surface area contributed by atoms with Gasteiger partial charge in [-0.25, -0.2) is 0 Å². The van der Waals surface area contributed by atoms with Crippen molar-refractivity contribution in [3.63, 3.8) is 0 Å². The molecule has 0 aromatic heterocycles. The topological polar surface area (TPSA) is 105 Å². The summed E-state index contributed by atoms with van der Waals surface area (Å²) in [6, 6.07) is -0.0985. The summed E-state index contributed by atoms with van der Waals surface area (Å²) in [5.41, 5.74) is 0. The molecule has 1 fully saturated rings. The Bertz CT molecular complexity index is 551. The summed E-state index contributed by atoms with van der Waals surface area (Å²) in [6.45, 7) is 1.73. The standard InChI is InChI=1S/C20H32N2O6/c23-11-13-27-12-9-21-18(24)14-16-6-3-1-2-4-8-19(25)28-15-17-7-5-10-22(17)20(16)26/h1,3,16-17,23H,2,4-15H2,(H,21,24)/t16-,17+/m1/s1. The van der Waals surface area contributed by atoms with E-state index in [0.717, 1.165) is 25.7 Å². The summed E-state index contributed by atoms with van der Waals surface area (Å²) in [6.07, 6.45) is 8.07. The van der Waals surface area contributed by atoms with Crippen LogP contribution in [0.5, 0.6) is 0 Å². The van der Waals surface area contributed by atoms with Crippen LogP contribution in [0.25, 0.3) is 0 Å². The third kappa shape index (κ3) is 7.59. The van der Waals surface area contributed by atoms with Crippen molar-refractivity contribution >= 4 is 17.8 Å². The lowest BCUT2D eigenvalue weighted by Crippen LogP contribution is -2.43. The smallest absolute Gasteiger partial charge is 0.305 e. The van der Waals surface area contributed by atoms with Crippen LogP contribution >= 0.6 is 0 Å². The van der Waals surface area contributed by atoms with E-state index in [1.165, 1.54) is 0 Å². The number of hydrogen-bond acceptors (Lipinski definition) is 6. The molecule has 2 aliphatic rings. The summed E-state index contributed by atoms with van der Waals surface area (Å²) >= 11 is 0. The van der Waals surface area contributed by atoms with E-state index in [4.69, 9.17) is 14.6 Å². The highest BCUT2D eigenvalue weighted by Gasteiger charge is 2.34. The van der Waals surface area contributed by atoms with Crippen LogP contribution < -0.4 is 5.32 Å². The summed E-state index contributed by atoms with van der Waals surface area (Å²) in [5, 5.41) is 11.4. The van der Waals surface area contributed by atoms with E-state index >= 15 is 0 Å². The molecule has 0 aromatic rings. The van der Waals surface area contributed by atoms with Crippen molar-refractivity contribution in [2.24, 2.45) is 5.92 Å². The molecular formula is C20H32N2O6. The molecule has 8 heteroatoms. The minimum absolute atomic E-state index is 0.0471. The fourth-order valence-electron chi connectivity index (χ4n) is 3.53. The van der Waals surface area contributed by atoms with Crippen molar-refractivity contribution in [1.82, 2.24) is 10.2 Å².